The Balaban J connectivity index is 1.20. The lowest BCUT2D eigenvalue weighted by atomic mass is 9.92. The summed E-state index contributed by atoms with van der Waals surface area (Å²) in [7, 11) is 0. The molecule has 0 aliphatic carbocycles. The van der Waals surface area contributed by atoms with Gasteiger partial charge in [-0.15, -0.1) is 11.8 Å². The number of nitrogens with one attached hydrogen (secondary N) is 1. The van der Waals surface area contributed by atoms with E-state index in [0.29, 0.717) is 0 Å². The van der Waals surface area contributed by atoms with E-state index in [9.17, 15) is 4.79 Å². The van der Waals surface area contributed by atoms with Crippen molar-refractivity contribution in [2.24, 2.45) is 5.92 Å². The highest BCUT2D eigenvalue weighted by Crippen LogP contribution is 2.24. The molecule has 178 valence electrons. The highest BCUT2D eigenvalue weighted by Gasteiger charge is 2.27. The van der Waals surface area contributed by atoms with Crippen LogP contribution >= 0.6 is 11.8 Å². The molecule has 7 heteroatoms. The number of anilines is 1. The van der Waals surface area contributed by atoms with Gasteiger partial charge in [-0.05, 0) is 81.6 Å². The van der Waals surface area contributed by atoms with Gasteiger partial charge in [-0.25, -0.2) is 4.98 Å². The third-order valence-electron chi connectivity index (χ3n) is 6.75. The molecule has 0 radical (unpaired) electrons. The Morgan fingerprint density at radius 2 is 1.97 bits per heavy atom. The quantitative estimate of drug-likeness (QED) is 0.559. The minimum absolute atomic E-state index is 0.0799. The largest absolute Gasteiger partial charge is 0.379 e. The number of hydrogen-bond donors (Lipinski definition) is 1. The van der Waals surface area contributed by atoms with Crippen LogP contribution in [0.3, 0.4) is 0 Å². The first-order valence-corrected chi connectivity index (χ1v) is 13.1. The number of morpholine rings is 1. The fraction of sp³-hybridized carbons (Fsp3) is 0.538. The van der Waals surface area contributed by atoms with E-state index < -0.39 is 0 Å². The van der Waals surface area contributed by atoms with Gasteiger partial charge in [0.05, 0.1) is 24.3 Å². The average Bonchev–Trinajstić information content (AvgIpc) is 2.87. The Labute approximate surface area is 202 Å². The monoisotopic (exact) mass is 468 g/mol. The van der Waals surface area contributed by atoms with Crippen LogP contribution in [0.25, 0.3) is 0 Å². The Hall–Kier alpha value is -1.93. The highest BCUT2D eigenvalue weighted by molar-refractivity contribution is 7.98. The second-order valence-electron chi connectivity index (χ2n) is 9.04. The van der Waals surface area contributed by atoms with Crippen LogP contribution < -0.4 is 5.32 Å². The lowest BCUT2D eigenvalue weighted by Crippen LogP contribution is -2.46. The van der Waals surface area contributed by atoms with Gasteiger partial charge in [-0.1, -0.05) is 18.2 Å². The van der Waals surface area contributed by atoms with Crippen LogP contribution in [-0.4, -0.2) is 72.7 Å². The van der Waals surface area contributed by atoms with E-state index in [-0.39, 0.29) is 11.9 Å². The first-order valence-electron chi connectivity index (χ1n) is 12.1. The summed E-state index contributed by atoms with van der Waals surface area (Å²) in [6, 6.07) is 14.0. The fourth-order valence-electron chi connectivity index (χ4n) is 4.56. The highest BCUT2D eigenvalue weighted by atomic mass is 32.2. The molecule has 0 bridgehead atoms. The van der Waals surface area contributed by atoms with Crippen molar-refractivity contribution in [3.8, 4) is 0 Å². The van der Waals surface area contributed by atoms with Crippen molar-refractivity contribution in [2.45, 2.75) is 43.0 Å². The number of ether oxygens (including phenoxy) is 1. The number of rotatable bonds is 9. The number of nitrogens with zero attached hydrogens (tertiary/aromatic N) is 3. The molecule has 1 aromatic carbocycles. The van der Waals surface area contributed by atoms with Crippen molar-refractivity contribution in [3.05, 3.63) is 54.2 Å². The van der Waals surface area contributed by atoms with E-state index in [1.54, 1.807) is 11.8 Å². The van der Waals surface area contributed by atoms with E-state index in [1.165, 1.54) is 31.4 Å². The summed E-state index contributed by atoms with van der Waals surface area (Å²) in [5.74, 6) is 1.68. The van der Waals surface area contributed by atoms with Crippen LogP contribution in [0, 0.1) is 5.92 Å². The molecule has 2 saturated heterocycles. The van der Waals surface area contributed by atoms with Crippen LogP contribution in [0.5, 0.6) is 0 Å². The fourth-order valence-corrected chi connectivity index (χ4v) is 5.36. The summed E-state index contributed by atoms with van der Waals surface area (Å²) < 4.78 is 5.44. The Kier molecular flexibility index (Phi) is 9.17. The summed E-state index contributed by atoms with van der Waals surface area (Å²) >= 11 is 1.70. The molecule has 0 unspecified atom stereocenters. The van der Waals surface area contributed by atoms with Crippen LogP contribution in [0.1, 0.15) is 31.7 Å². The molecule has 2 fully saturated rings. The molecule has 0 saturated carbocycles. The molecule has 3 heterocycles. The molecule has 2 aliphatic heterocycles. The second kappa shape index (κ2) is 12.5. The number of thioether (sulfide) groups is 1. The number of carbonyl (C=O) groups is 1. The number of hydrogen-bond acceptors (Lipinski definition) is 6. The zero-order chi connectivity index (χ0) is 22.9. The number of aromatic nitrogens is 1. The van der Waals surface area contributed by atoms with Crippen molar-refractivity contribution < 1.29 is 9.53 Å². The minimum atomic E-state index is -0.114. The van der Waals surface area contributed by atoms with Gasteiger partial charge in [0.2, 0.25) is 5.91 Å². The molecule has 33 heavy (non-hydrogen) atoms. The third kappa shape index (κ3) is 7.54. The van der Waals surface area contributed by atoms with Gasteiger partial charge >= 0.3 is 0 Å². The van der Waals surface area contributed by atoms with Crippen LogP contribution in [0.15, 0.2) is 53.7 Å². The minimum Gasteiger partial charge on any atom is -0.379 e. The van der Waals surface area contributed by atoms with E-state index >= 15 is 0 Å². The summed E-state index contributed by atoms with van der Waals surface area (Å²) in [5, 5.41) is 4.14. The molecule has 4 rings (SSSR count). The van der Waals surface area contributed by atoms with Crippen LogP contribution in [-0.2, 0) is 15.3 Å². The first kappa shape index (κ1) is 24.2. The van der Waals surface area contributed by atoms with Crippen molar-refractivity contribution in [1.82, 2.24) is 14.8 Å². The van der Waals surface area contributed by atoms with Crippen molar-refractivity contribution in [2.75, 3.05) is 51.3 Å². The van der Waals surface area contributed by atoms with Gasteiger partial charge in [-0.3, -0.25) is 14.6 Å². The van der Waals surface area contributed by atoms with Crippen LogP contribution in [0.2, 0.25) is 0 Å². The standard InChI is InChI=1S/C26H36N4O2S/c1-21(30-13-9-22(10-14-30)8-12-29-15-17-32-18-16-29)26(31)28-24-6-4-5-23(19-24)20-33-25-7-2-3-11-27-25/h2-7,11,19,21-22H,8-10,12-18,20H2,1H3,(H,28,31)/t21-/m1/s1. The van der Waals surface area contributed by atoms with Gasteiger partial charge in [0.15, 0.2) is 0 Å². The number of pyridine rings is 1. The molecule has 1 N–H and O–H groups in total. The molecule has 2 aromatic rings. The summed E-state index contributed by atoms with van der Waals surface area (Å²) in [4.78, 5) is 22.1. The van der Waals surface area contributed by atoms with E-state index in [4.69, 9.17) is 4.74 Å². The number of amides is 1. The SMILES string of the molecule is C[C@H](C(=O)Nc1cccc(CSc2ccccn2)c1)N1CCC(CCN2CCOCC2)CC1. The van der Waals surface area contributed by atoms with Crippen LogP contribution in [0.4, 0.5) is 5.69 Å². The Morgan fingerprint density at radius 3 is 2.73 bits per heavy atom. The lowest BCUT2D eigenvalue weighted by molar-refractivity contribution is -0.121. The predicted octanol–water partition coefficient (Wildman–Crippen LogP) is 4.14. The first-order chi connectivity index (χ1) is 16.2. The maximum Gasteiger partial charge on any atom is 0.241 e. The summed E-state index contributed by atoms with van der Waals surface area (Å²) in [6.07, 6.45) is 5.44. The molecule has 1 aromatic heterocycles. The molecule has 1 atom stereocenters. The average molecular weight is 469 g/mol. The van der Waals surface area contributed by atoms with Gasteiger partial charge in [0.1, 0.15) is 0 Å². The van der Waals surface area contributed by atoms with E-state index in [2.05, 4.69) is 32.2 Å². The topological polar surface area (TPSA) is 57.7 Å². The molecular weight excluding hydrogens is 432 g/mol. The van der Waals surface area contributed by atoms with E-state index in [0.717, 1.165) is 61.8 Å². The van der Waals surface area contributed by atoms with Crippen molar-refractivity contribution in [1.29, 1.82) is 0 Å². The predicted molar refractivity (Wildman–Crippen MR) is 135 cm³/mol. The molecule has 1 amide bonds. The lowest BCUT2D eigenvalue weighted by Gasteiger charge is -2.36. The van der Waals surface area contributed by atoms with Gasteiger partial charge in [-0.2, -0.15) is 0 Å². The zero-order valence-electron chi connectivity index (χ0n) is 19.6. The molecule has 2 aliphatic rings. The zero-order valence-corrected chi connectivity index (χ0v) is 20.4. The Bertz CT molecular complexity index is 868. The molecule has 0 spiro atoms. The number of benzene rings is 1. The van der Waals surface area contributed by atoms with Gasteiger partial charge in [0, 0.05) is 30.7 Å². The van der Waals surface area contributed by atoms with Crippen molar-refractivity contribution >= 4 is 23.4 Å². The number of piperidine rings is 1. The van der Waals surface area contributed by atoms with E-state index in [1.807, 2.05) is 43.5 Å². The molecule has 6 nitrogen and oxygen atoms in total. The van der Waals surface area contributed by atoms with Crippen molar-refractivity contribution in [3.63, 3.8) is 0 Å². The number of carbonyl (C=O) groups excluding carboxylic acids is 1. The smallest absolute Gasteiger partial charge is 0.241 e. The normalized spacial score (nSPS) is 19.3. The van der Waals surface area contributed by atoms with Gasteiger partial charge in [0.25, 0.3) is 0 Å². The maximum atomic E-state index is 12.9. The maximum absolute atomic E-state index is 12.9. The second-order valence-corrected chi connectivity index (χ2v) is 10.0. The summed E-state index contributed by atoms with van der Waals surface area (Å²) in [5.41, 5.74) is 2.04. The summed E-state index contributed by atoms with van der Waals surface area (Å²) in [6.45, 7) is 9.10. The van der Waals surface area contributed by atoms with Gasteiger partial charge < -0.3 is 10.1 Å². The number of likely N-dealkylation sites (tertiary alicyclic amines) is 1. The Morgan fingerprint density at radius 1 is 1.15 bits per heavy atom. The molecular formula is C26H36N4O2S. The third-order valence-corrected chi connectivity index (χ3v) is 7.77.